The average molecular weight is 254 g/mol. The van der Waals surface area contributed by atoms with E-state index in [2.05, 4.69) is 15.6 Å². The maximum atomic E-state index is 11.8. The first-order valence-electron chi connectivity index (χ1n) is 6.08. The SMILES string of the molecule is CCC(C)(C)NC(=O)Cn1cc(C(C)(C)O)nn1. The van der Waals surface area contributed by atoms with Crippen molar-refractivity contribution in [2.75, 3.05) is 0 Å². The molecule has 102 valence electrons. The van der Waals surface area contributed by atoms with Crippen LogP contribution in [0, 0.1) is 0 Å². The van der Waals surface area contributed by atoms with Crippen molar-refractivity contribution in [3.63, 3.8) is 0 Å². The molecule has 0 fully saturated rings. The Hall–Kier alpha value is -1.43. The first-order chi connectivity index (χ1) is 8.14. The van der Waals surface area contributed by atoms with E-state index in [1.54, 1.807) is 20.0 Å². The summed E-state index contributed by atoms with van der Waals surface area (Å²) in [6.45, 7) is 9.31. The first-order valence-corrected chi connectivity index (χ1v) is 6.08. The number of nitrogens with one attached hydrogen (secondary N) is 1. The lowest BCUT2D eigenvalue weighted by atomic mass is 10.0. The number of carbonyl (C=O) groups excluding carboxylic acids is 1. The Labute approximate surface area is 107 Å². The van der Waals surface area contributed by atoms with E-state index in [0.717, 1.165) is 6.42 Å². The fourth-order valence-corrected chi connectivity index (χ4v) is 1.31. The second kappa shape index (κ2) is 5.06. The van der Waals surface area contributed by atoms with Gasteiger partial charge in [0.15, 0.2) is 0 Å². The molecule has 1 heterocycles. The Morgan fingerprint density at radius 1 is 1.44 bits per heavy atom. The molecule has 1 rings (SSSR count). The zero-order valence-electron chi connectivity index (χ0n) is 11.7. The average Bonchev–Trinajstić information content (AvgIpc) is 2.64. The van der Waals surface area contributed by atoms with Crippen molar-refractivity contribution < 1.29 is 9.90 Å². The molecular formula is C12H22N4O2. The molecule has 0 bridgehead atoms. The first kappa shape index (κ1) is 14.6. The normalized spacial score (nSPS) is 12.6. The van der Waals surface area contributed by atoms with Crippen LogP contribution in [0.2, 0.25) is 0 Å². The van der Waals surface area contributed by atoms with Gasteiger partial charge in [-0.2, -0.15) is 0 Å². The van der Waals surface area contributed by atoms with Crippen LogP contribution in [-0.2, 0) is 16.9 Å². The van der Waals surface area contributed by atoms with Crippen LogP contribution in [0.4, 0.5) is 0 Å². The van der Waals surface area contributed by atoms with Gasteiger partial charge >= 0.3 is 0 Å². The maximum absolute atomic E-state index is 11.8. The summed E-state index contributed by atoms with van der Waals surface area (Å²) in [5, 5.41) is 20.3. The quantitative estimate of drug-likeness (QED) is 0.815. The Balaban J connectivity index is 2.64. The Morgan fingerprint density at radius 2 is 2.06 bits per heavy atom. The summed E-state index contributed by atoms with van der Waals surface area (Å²) in [7, 11) is 0. The summed E-state index contributed by atoms with van der Waals surface area (Å²) < 4.78 is 1.42. The lowest BCUT2D eigenvalue weighted by molar-refractivity contribution is -0.123. The van der Waals surface area contributed by atoms with E-state index in [1.807, 2.05) is 20.8 Å². The third-order valence-corrected chi connectivity index (χ3v) is 2.83. The summed E-state index contributed by atoms with van der Waals surface area (Å²) in [4.78, 5) is 11.8. The highest BCUT2D eigenvalue weighted by Crippen LogP contribution is 2.15. The highest BCUT2D eigenvalue weighted by Gasteiger charge is 2.22. The van der Waals surface area contributed by atoms with Gasteiger partial charge in [0.25, 0.3) is 0 Å². The highest BCUT2D eigenvalue weighted by molar-refractivity contribution is 5.76. The molecule has 0 atom stereocenters. The monoisotopic (exact) mass is 254 g/mol. The molecule has 0 aliphatic carbocycles. The third-order valence-electron chi connectivity index (χ3n) is 2.83. The van der Waals surface area contributed by atoms with Crippen LogP contribution in [-0.4, -0.2) is 31.5 Å². The molecule has 0 spiro atoms. The fourth-order valence-electron chi connectivity index (χ4n) is 1.31. The third kappa shape index (κ3) is 4.10. The van der Waals surface area contributed by atoms with E-state index in [-0.39, 0.29) is 18.0 Å². The van der Waals surface area contributed by atoms with Crippen molar-refractivity contribution in [3.05, 3.63) is 11.9 Å². The number of amides is 1. The highest BCUT2D eigenvalue weighted by atomic mass is 16.3. The van der Waals surface area contributed by atoms with E-state index in [4.69, 9.17) is 0 Å². The molecule has 6 heteroatoms. The molecule has 1 aromatic heterocycles. The molecule has 18 heavy (non-hydrogen) atoms. The van der Waals surface area contributed by atoms with Gasteiger partial charge in [0.1, 0.15) is 17.8 Å². The van der Waals surface area contributed by atoms with Crippen molar-refractivity contribution in [3.8, 4) is 0 Å². The van der Waals surface area contributed by atoms with Crippen LogP contribution < -0.4 is 5.32 Å². The Bertz CT molecular complexity index is 418. The largest absolute Gasteiger partial charge is 0.384 e. The molecule has 0 radical (unpaired) electrons. The lowest BCUT2D eigenvalue weighted by Gasteiger charge is -2.24. The standard InChI is InChI=1S/C12H22N4O2/c1-6-11(2,3)13-10(17)8-16-7-9(14-15-16)12(4,5)18/h7,18H,6,8H2,1-5H3,(H,13,17). The minimum atomic E-state index is -1.04. The minimum absolute atomic E-state index is 0.104. The second-order valence-corrected chi connectivity index (χ2v) is 5.65. The molecule has 1 aromatic rings. The van der Waals surface area contributed by atoms with Gasteiger partial charge in [-0.15, -0.1) is 5.10 Å². The second-order valence-electron chi connectivity index (χ2n) is 5.65. The van der Waals surface area contributed by atoms with Crippen LogP contribution in [0.1, 0.15) is 46.7 Å². The Morgan fingerprint density at radius 3 is 2.50 bits per heavy atom. The van der Waals surface area contributed by atoms with Gasteiger partial charge in [-0.05, 0) is 34.1 Å². The van der Waals surface area contributed by atoms with Gasteiger partial charge in [0.05, 0.1) is 6.20 Å². The van der Waals surface area contributed by atoms with E-state index in [9.17, 15) is 9.90 Å². The van der Waals surface area contributed by atoms with Crippen LogP contribution in [0.3, 0.4) is 0 Å². The van der Waals surface area contributed by atoms with Crippen LogP contribution >= 0.6 is 0 Å². The van der Waals surface area contributed by atoms with Crippen molar-refractivity contribution in [1.82, 2.24) is 20.3 Å². The van der Waals surface area contributed by atoms with E-state index < -0.39 is 5.60 Å². The van der Waals surface area contributed by atoms with E-state index in [0.29, 0.717) is 5.69 Å². The molecule has 0 aromatic carbocycles. The minimum Gasteiger partial charge on any atom is -0.384 e. The van der Waals surface area contributed by atoms with Gasteiger partial charge in [-0.3, -0.25) is 4.79 Å². The maximum Gasteiger partial charge on any atom is 0.242 e. The predicted octanol–water partition coefficient (Wildman–Crippen LogP) is 0.810. The van der Waals surface area contributed by atoms with Gasteiger partial charge in [-0.1, -0.05) is 12.1 Å². The van der Waals surface area contributed by atoms with E-state index >= 15 is 0 Å². The van der Waals surface area contributed by atoms with Crippen LogP contribution in [0.15, 0.2) is 6.20 Å². The fraction of sp³-hybridized carbons (Fsp3) is 0.750. The number of hydrogen-bond acceptors (Lipinski definition) is 4. The molecule has 0 saturated heterocycles. The zero-order valence-corrected chi connectivity index (χ0v) is 11.7. The van der Waals surface area contributed by atoms with Crippen molar-refractivity contribution in [1.29, 1.82) is 0 Å². The van der Waals surface area contributed by atoms with Crippen molar-refractivity contribution in [2.45, 2.75) is 58.7 Å². The number of rotatable bonds is 5. The number of aromatic nitrogens is 3. The van der Waals surface area contributed by atoms with Gasteiger partial charge in [0.2, 0.25) is 5.91 Å². The van der Waals surface area contributed by atoms with Crippen LogP contribution in [0.5, 0.6) is 0 Å². The number of nitrogens with zero attached hydrogens (tertiary/aromatic N) is 3. The van der Waals surface area contributed by atoms with E-state index in [1.165, 1.54) is 4.68 Å². The van der Waals surface area contributed by atoms with Crippen LogP contribution in [0.25, 0.3) is 0 Å². The molecule has 6 nitrogen and oxygen atoms in total. The summed E-state index contributed by atoms with van der Waals surface area (Å²) in [5.74, 6) is -0.117. The van der Waals surface area contributed by atoms with Gasteiger partial charge < -0.3 is 10.4 Å². The number of carbonyl (C=O) groups is 1. The summed E-state index contributed by atoms with van der Waals surface area (Å²) in [6, 6.07) is 0. The molecule has 1 amide bonds. The number of aliphatic hydroxyl groups is 1. The van der Waals surface area contributed by atoms with Crippen molar-refractivity contribution >= 4 is 5.91 Å². The zero-order chi connectivity index (χ0) is 14.0. The van der Waals surface area contributed by atoms with Crippen molar-refractivity contribution in [2.24, 2.45) is 0 Å². The summed E-state index contributed by atoms with van der Waals surface area (Å²) >= 11 is 0. The molecule has 0 aliphatic heterocycles. The number of hydrogen-bond donors (Lipinski definition) is 2. The molecule has 0 unspecified atom stereocenters. The van der Waals surface area contributed by atoms with Gasteiger partial charge in [-0.25, -0.2) is 4.68 Å². The molecule has 0 saturated carbocycles. The predicted molar refractivity (Wildman–Crippen MR) is 67.8 cm³/mol. The Kier molecular flexibility index (Phi) is 4.11. The lowest BCUT2D eigenvalue weighted by Crippen LogP contribution is -2.44. The topological polar surface area (TPSA) is 80.0 Å². The molecular weight excluding hydrogens is 232 g/mol. The van der Waals surface area contributed by atoms with Gasteiger partial charge in [0, 0.05) is 5.54 Å². The summed E-state index contributed by atoms with van der Waals surface area (Å²) in [5.41, 5.74) is -0.821. The smallest absolute Gasteiger partial charge is 0.242 e. The summed E-state index contributed by atoms with van der Waals surface area (Å²) in [6.07, 6.45) is 2.43. The molecule has 0 aliphatic rings. The molecule has 2 N–H and O–H groups in total.